The first-order valence-electron chi connectivity index (χ1n) is 7.41. The Morgan fingerprint density at radius 1 is 1.24 bits per heavy atom. The standard InChI is InChI=1S/C16H23N3OS/c1-4-17-14(12(2)3)10-16-18-15(19-20-16)11-21-13-8-6-5-7-9-13/h5-9,12,14,17H,4,10-11H2,1-3H3. The van der Waals surface area contributed by atoms with Crippen molar-refractivity contribution in [2.24, 2.45) is 5.92 Å². The first kappa shape index (κ1) is 16.0. The molecule has 5 heteroatoms. The molecule has 4 nitrogen and oxygen atoms in total. The molecule has 0 aliphatic rings. The van der Waals surface area contributed by atoms with Crippen molar-refractivity contribution in [1.82, 2.24) is 15.5 Å². The highest BCUT2D eigenvalue weighted by Crippen LogP contribution is 2.21. The van der Waals surface area contributed by atoms with E-state index in [4.69, 9.17) is 4.52 Å². The Kier molecular flexibility index (Phi) is 6.26. The van der Waals surface area contributed by atoms with Crippen molar-refractivity contribution in [3.63, 3.8) is 0 Å². The number of rotatable bonds is 8. The van der Waals surface area contributed by atoms with Gasteiger partial charge in [0.15, 0.2) is 5.82 Å². The van der Waals surface area contributed by atoms with Crippen LogP contribution in [0.15, 0.2) is 39.8 Å². The first-order chi connectivity index (χ1) is 10.2. The van der Waals surface area contributed by atoms with Gasteiger partial charge in [0.25, 0.3) is 0 Å². The topological polar surface area (TPSA) is 51.0 Å². The van der Waals surface area contributed by atoms with E-state index in [9.17, 15) is 0 Å². The van der Waals surface area contributed by atoms with E-state index < -0.39 is 0 Å². The van der Waals surface area contributed by atoms with E-state index in [0.29, 0.717) is 12.0 Å². The molecule has 0 spiro atoms. The molecule has 1 heterocycles. The van der Waals surface area contributed by atoms with E-state index in [-0.39, 0.29) is 0 Å². The third kappa shape index (κ3) is 5.17. The summed E-state index contributed by atoms with van der Waals surface area (Å²) in [5.74, 6) is 2.76. The fraction of sp³-hybridized carbons (Fsp3) is 0.500. The van der Waals surface area contributed by atoms with Crippen LogP contribution in [0.25, 0.3) is 0 Å². The zero-order valence-corrected chi connectivity index (χ0v) is 13.7. The first-order valence-corrected chi connectivity index (χ1v) is 8.40. The molecule has 0 saturated carbocycles. The third-order valence-electron chi connectivity index (χ3n) is 3.29. The molecule has 21 heavy (non-hydrogen) atoms. The lowest BCUT2D eigenvalue weighted by Gasteiger charge is -2.19. The van der Waals surface area contributed by atoms with Crippen molar-refractivity contribution >= 4 is 11.8 Å². The largest absolute Gasteiger partial charge is 0.339 e. The molecule has 0 aliphatic heterocycles. The smallest absolute Gasteiger partial charge is 0.228 e. The highest BCUT2D eigenvalue weighted by atomic mass is 32.2. The Morgan fingerprint density at radius 2 is 2.00 bits per heavy atom. The van der Waals surface area contributed by atoms with Crippen LogP contribution in [0, 0.1) is 5.92 Å². The molecule has 1 N–H and O–H groups in total. The second-order valence-corrected chi connectivity index (χ2v) is 6.37. The van der Waals surface area contributed by atoms with Crippen molar-refractivity contribution in [2.45, 2.75) is 43.9 Å². The fourth-order valence-corrected chi connectivity index (χ4v) is 2.85. The van der Waals surface area contributed by atoms with E-state index in [1.54, 1.807) is 11.8 Å². The van der Waals surface area contributed by atoms with Crippen LogP contribution in [0.2, 0.25) is 0 Å². The quantitative estimate of drug-likeness (QED) is 0.756. The number of likely N-dealkylation sites (N-methyl/N-ethyl adjacent to an activating group) is 1. The Bertz CT molecular complexity index is 527. The van der Waals surface area contributed by atoms with Crippen molar-refractivity contribution < 1.29 is 4.52 Å². The van der Waals surface area contributed by atoms with Crippen LogP contribution < -0.4 is 5.32 Å². The Labute approximate surface area is 130 Å². The maximum absolute atomic E-state index is 5.37. The molecule has 2 rings (SSSR count). The molecule has 1 unspecified atom stereocenters. The summed E-state index contributed by atoms with van der Waals surface area (Å²) in [5.41, 5.74) is 0. The Hall–Kier alpha value is -1.33. The fourth-order valence-electron chi connectivity index (χ4n) is 2.09. The van der Waals surface area contributed by atoms with Crippen molar-refractivity contribution in [3.05, 3.63) is 42.0 Å². The number of nitrogens with zero attached hydrogens (tertiary/aromatic N) is 2. The molecule has 0 fully saturated rings. The summed E-state index contributed by atoms with van der Waals surface area (Å²) >= 11 is 1.72. The Morgan fingerprint density at radius 3 is 2.67 bits per heavy atom. The van der Waals surface area contributed by atoms with Gasteiger partial charge in [-0.2, -0.15) is 4.98 Å². The molecule has 114 valence electrons. The summed E-state index contributed by atoms with van der Waals surface area (Å²) < 4.78 is 5.37. The minimum Gasteiger partial charge on any atom is -0.339 e. The molecular weight excluding hydrogens is 282 g/mol. The van der Waals surface area contributed by atoms with Gasteiger partial charge in [-0.25, -0.2) is 0 Å². The molecule has 0 amide bonds. The summed E-state index contributed by atoms with van der Waals surface area (Å²) in [5, 5.41) is 7.53. The van der Waals surface area contributed by atoms with Gasteiger partial charge in [-0.3, -0.25) is 0 Å². The van der Waals surface area contributed by atoms with Gasteiger partial charge in [-0.15, -0.1) is 11.8 Å². The zero-order valence-electron chi connectivity index (χ0n) is 12.9. The SMILES string of the molecule is CCNC(Cc1nc(CSc2ccccc2)no1)C(C)C. The normalized spacial score (nSPS) is 12.8. The van der Waals surface area contributed by atoms with Gasteiger partial charge in [-0.1, -0.05) is 44.1 Å². The predicted octanol–water partition coefficient (Wildman–Crippen LogP) is 3.54. The second kappa shape index (κ2) is 8.20. The number of benzene rings is 1. The van der Waals surface area contributed by atoms with Gasteiger partial charge < -0.3 is 9.84 Å². The molecule has 0 bridgehead atoms. The van der Waals surface area contributed by atoms with E-state index in [2.05, 4.69) is 48.4 Å². The van der Waals surface area contributed by atoms with Crippen LogP contribution in [0.5, 0.6) is 0 Å². The van der Waals surface area contributed by atoms with Gasteiger partial charge in [0.05, 0.1) is 5.75 Å². The number of aromatic nitrogens is 2. The monoisotopic (exact) mass is 305 g/mol. The highest BCUT2D eigenvalue weighted by molar-refractivity contribution is 7.98. The summed E-state index contributed by atoms with van der Waals surface area (Å²) in [7, 11) is 0. The zero-order chi connectivity index (χ0) is 15.1. The number of thioether (sulfide) groups is 1. The van der Waals surface area contributed by atoms with E-state index in [1.165, 1.54) is 4.90 Å². The molecule has 0 radical (unpaired) electrons. The second-order valence-electron chi connectivity index (χ2n) is 5.32. The summed E-state index contributed by atoms with van der Waals surface area (Å²) in [4.78, 5) is 5.71. The Balaban J connectivity index is 1.88. The molecule has 0 aliphatic carbocycles. The highest BCUT2D eigenvalue weighted by Gasteiger charge is 2.17. The van der Waals surface area contributed by atoms with Crippen LogP contribution in [-0.4, -0.2) is 22.7 Å². The molecule has 0 saturated heterocycles. The van der Waals surface area contributed by atoms with Gasteiger partial charge in [0, 0.05) is 17.4 Å². The van der Waals surface area contributed by atoms with Crippen LogP contribution >= 0.6 is 11.8 Å². The average Bonchev–Trinajstić information content (AvgIpc) is 2.93. The van der Waals surface area contributed by atoms with Gasteiger partial charge in [0.1, 0.15) is 0 Å². The number of hydrogen-bond acceptors (Lipinski definition) is 5. The molecule has 1 aromatic carbocycles. The van der Waals surface area contributed by atoms with Gasteiger partial charge in [0.2, 0.25) is 5.89 Å². The summed E-state index contributed by atoms with van der Waals surface area (Å²) in [6.45, 7) is 7.48. The summed E-state index contributed by atoms with van der Waals surface area (Å²) in [6.07, 6.45) is 0.786. The predicted molar refractivity (Wildman–Crippen MR) is 86.3 cm³/mol. The maximum Gasteiger partial charge on any atom is 0.228 e. The minimum atomic E-state index is 0.380. The van der Waals surface area contributed by atoms with E-state index >= 15 is 0 Å². The van der Waals surface area contributed by atoms with Crippen molar-refractivity contribution in [2.75, 3.05) is 6.54 Å². The molecule has 1 atom stereocenters. The third-order valence-corrected chi connectivity index (χ3v) is 4.29. The average molecular weight is 305 g/mol. The lowest BCUT2D eigenvalue weighted by molar-refractivity contribution is 0.327. The lowest BCUT2D eigenvalue weighted by Crippen LogP contribution is -2.35. The molecule has 1 aromatic heterocycles. The van der Waals surface area contributed by atoms with E-state index in [1.807, 2.05) is 18.2 Å². The van der Waals surface area contributed by atoms with Gasteiger partial charge in [-0.05, 0) is 24.6 Å². The van der Waals surface area contributed by atoms with Crippen LogP contribution in [0.1, 0.15) is 32.5 Å². The van der Waals surface area contributed by atoms with Crippen LogP contribution in [0.3, 0.4) is 0 Å². The van der Waals surface area contributed by atoms with Gasteiger partial charge >= 0.3 is 0 Å². The minimum absolute atomic E-state index is 0.380. The number of nitrogens with one attached hydrogen (secondary N) is 1. The van der Waals surface area contributed by atoms with Crippen LogP contribution in [0.4, 0.5) is 0 Å². The molecular formula is C16H23N3OS. The number of hydrogen-bond donors (Lipinski definition) is 1. The van der Waals surface area contributed by atoms with E-state index in [0.717, 1.165) is 30.4 Å². The maximum atomic E-state index is 5.37. The van der Waals surface area contributed by atoms with Crippen molar-refractivity contribution in [1.29, 1.82) is 0 Å². The summed E-state index contributed by atoms with van der Waals surface area (Å²) in [6, 6.07) is 10.6. The van der Waals surface area contributed by atoms with Crippen LogP contribution in [-0.2, 0) is 12.2 Å². The molecule has 2 aromatic rings. The van der Waals surface area contributed by atoms with Crippen molar-refractivity contribution in [3.8, 4) is 0 Å². The lowest BCUT2D eigenvalue weighted by atomic mass is 10.0.